The Bertz CT molecular complexity index is 1390. The van der Waals surface area contributed by atoms with Crippen molar-refractivity contribution < 1.29 is 23.1 Å². The number of nitrogens with one attached hydrogen (secondary N) is 1. The van der Waals surface area contributed by atoms with E-state index in [0.717, 1.165) is 9.86 Å². The lowest BCUT2D eigenvalue weighted by atomic mass is 10.0. The molecule has 0 aliphatic carbocycles. The molecule has 34 heavy (non-hydrogen) atoms. The summed E-state index contributed by atoms with van der Waals surface area (Å²) in [5.41, 5.74) is 1.20. The molecule has 2 N–H and O–H groups in total. The topological polar surface area (TPSA) is 95.7 Å². The van der Waals surface area contributed by atoms with Gasteiger partial charge in [-0.15, -0.1) is 10.2 Å². The van der Waals surface area contributed by atoms with Crippen LogP contribution < -0.4 is 5.32 Å². The summed E-state index contributed by atoms with van der Waals surface area (Å²) in [5, 5.41) is 21.7. The molecule has 2 atom stereocenters. The fraction of sp³-hybridized carbons (Fsp3) is 0.273. The van der Waals surface area contributed by atoms with E-state index in [-0.39, 0.29) is 17.9 Å². The molecule has 1 aliphatic rings. The smallest absolute Gasteiger partial charge is 0.413 e. The number of carbonyl (C=O) groups is 1. The molecule has 1 saturated heterocycles. The van der Waals surface area contributed by atoms with Gasteiger partial charge >= 0.3 is 12.3 Å². The van der Waals surface area contributed by atoms with Crippen molar-refractivity contribution in [3.63, 3.8) is 0 Å². The second kappa shape index (κ2) is 8.51. The van der Waals surface area contributed by atoms with Crippen molar-refractivity contribution >= 4 is 38.6 Å². The number of rotatable bonds is 4. The van der Waals surface area contributed by atoms with Crippen LogP contribution in [0.1, 0.15) is 18.0 Å². The van der Waals surface area contributed by atoms with Gasteiger partial charge in [0.25, 0.3) is 0 Å². The van der Waals surface area contributed by atoms with E-state index in [4.69, 9.17) is 0 Å². The van der Waals surface area contributed by atoms with E-state index in [1.165, 1.54) is 22.7 Å². The van der Waals surface area contributed by atoms with Gasteiger partial charge in [-0.3, -0.25) is 9.30 Å². The molecule has 8 nitrogen and oxygen atoms in total. The van der Waals surface area contributed by atoms with Crippen molar-refractivity contribution in [1.82, 2.24) is 29.8 Å². The minimum absolute atomic E-state index is 0.162. The largest absolute Gasteiger partial charge is 0.465 e. The molecule has 1 aliphatic heterocycles. The molecule has 1 unspecified atom stereocenters. The molecule has 1 fully saturated rings. The SMILES string of the molecule is O=C(O)N(C1CCNC1)[C@@H](c1ccc2nnc(-c3ccc4ccc(Br)cc4n3)n2c1)C(F)(F)F. The summed E-state index contributed by atoms with van der Waals surface area (Å²) < 4.78 is 45.0. The van der Waals surface area contributed by atoms with Crippen LogP contribution in [0.4, 0.5) is 18.0 Å². The van der Waals surface area contributed by atoms with Gasteiger partial charge in [-0.1, -0.05) is 34.1 Å². The van der Waals surface area contributed by atoms with E-state index >= 15 is 0 Å². The lowest BCUT2D eigenvalue weighted by molar-refractivity contribution is -0.185. The first-order chi connectivity index (χ1) is 16.2. The second-order valence-electron chi connectivity index (χ2n) is 8.03. The molecule has 5 rings (SSSR count). The molecule has 3 aromatic heterocycles. The van der Waals surface area contributed by atoms with E-state index in [1.807, 2.05) is 24.3 Å². The quantitative estimate of drug-likeness (QED) is 0.395. The summed E-state index contributed by atoms with van der Waals surface area (Å²) in [6, 6.07) is 8.67. The van der Waals surface area contributed by atoms with Crippen molar-refractivity contribution in [2.75, 3.05) is 13.1 Å². The maximum Gasteiger partial charge on any atom is 0.413 e. The molecule has 176 valence electrons. The molecule has 4 aromatic rings. The maximum absolute atomic E-state index is 14.2. The second-order valence-corrected chi connectivity index (χ2v) is 8.94. The third-order valence-electron chi connectivity index (χ3n) is 5.86. The summed E-state index contributed by atoms with van der Waals surface area (Å²) in [6.45, 7) is 0.618. The van der Waals surface area contributed by atoms with Gasteiger partial charge in [0, 0.05) is 34.2 Å². The molecule has 0 bridgehead atoms. The molecule has 1 amide bonds. The predicted octanol–water partition coefficient (Wildman–Crippen LogP) is 4.65. The molecule has 1 aromatic carbocycles. The highest BCUT2D eigenvalue weighted by Crippen LogP contribution is 2.40. The first kappa shape index (κ1) is 22.5. The van der Waals surface area contributed by atoms with Crippen LogP contribution in [0.3, 0.4) is 0 Å². The number of carboxylic acid groups (broad SMARTS) is 1. The summed E-state index contributed by atoms with van der Waals surface area (Å²) in [7, 11) is 0. The average Bonchev–Trinajstić information content (AvgIpc) is 3.45. The van der Waals surface area contributed by atoms with Crippen molar-refractivity contribution in [2.24, 2.45) is 0 Å². The van der Waals surface area contributed by atoms with Crippen molar-refractivity contribution in [2.45, 2.75) is 24.7 Å². The molecule has 12 heteroatoms. The Hall–Kier alpha value is -3.25. The zero-order valence-electron chi connectivity index (χ0n) is 17.5. The highest BCUT2D eigenvalue weighted by atomic mass is 79.9. The summed E-state index contributed by atoms with van der Waals surface area (Å²) in [5.74, 6) is 0.254. The van der Waals surface area contributed by atoms with Crippen LogP contribution in [0.25, 0.3) is 28.1 Å². The highest BCUT2D eigenvalue weighted by Gasteiger charge is 2.49. The first-order valence-corrected chi connectivity index (χ1v) is 11.2. The van der Waals surface area contributed by atoms with Crippen molar-refractivity contribution in [1.29, 1.82) is 0 Å². The third-order valence-corrected chi connectivity index (χ3v) is 6.35. The lowest BCUT2D eigenvalue weighted by Gasteiger charge is -2.35. The maximum atomic E-state index is 14.2. The molecule has 0 radical (unpaired) electrons. The average molecular weight is 535 g/mol. The van der Waals surface area contributed by atoms with Gasteiger partial charge in [-0.05, 0) is 37.2 Å². The van der Waals surface area contributed by atoms with E-state index in [1.54, 1.807) is 6.07 Å². The Morgan fingerprint density at radius 1 is 1.21 bits per heavy atom. The number of aromatic nitrogens is 4. The number of fused-ring (bicyclic) bond motifs is 2. The first-order valence-electron chi connectivity index (χ1n) is 10.4. The van der Waals surface area contributed by atoms with Crippen molar-refractivity contribution in [3.8, 4) is 11.5 Å². The Labute approximate surface area is 199 Å². The van der Waals surface area contributed by atoms with Crippen molar-refractivity contribution in [3.05, 3.63) is 58.7 Å². The number of nitrogens with zero attached hydrogens (tertiary/aromatic N) is 5. The van der Waals surface area contributed by atoms with Gasteiger partial charge < -0.3 is 10.4 Å². The van der Waals surface area contributed by atoms with Gasteiger partial charge in [-0.2, -0.15) is 13.2 Å². The number of amides is 1. The number of benzene rings is 1. The van der Waals surface area contributed by atoms with Gasteiger partial charge in [-0.25, -0.2) is 9.78 Å². The van der Waals surface area contributed by atoms with Crippen LogP contribution in [0.5, 0.6) is 0 Å². The van der Waals surface area contributed by atoms with E-state index in [9.17, 15) is 23.1 Å². The minimum atomic E-state index is -4.82. The minimum Gasteiger partial charge on any atom is -0.465 e. The van der Waals surface area contributed by atoms with Crippen LogP contribution in [-0.4, -0.2) is 61.0 Å². The fourth-order valence-corrected chi connectivity index (χ4v) is 4.67. The van der Waals surface area contributed by atoms with E-state index < -0.39 is 24.4 Å². The van der Waals surface area contributed by atoms with Gasteiger partial charge in [0.05, 0.1) is 5.52 Å². The van der Waals surface area contributed by atoms with E-state index in [0.29, 0.717) is 34.7 Å². The van der Waals surface area contributed by atoms with Crippen LogP contribution in [0, 0.1) is 0 Å². The number of hydrogen-bond acceptors (Lipinski definition) is 5. The highest BCUT2D eigenvalue weighted by molar-refractivity contribution is 9.10. The standard InChI is InChI=1S/C22H18BrF3N6O2/c23-14-4-1-12-2-5-16(28-17(12)9-14)20-30-29-18-6-3-13(11-31(18)20)19(22(24,25)26)32(21(33)34)15-7-8-27-10-15/h1-6,9,11,15,19,27H,7-8,10H2,(H,33,34)/t15?,19-/m0/s1. The zero-order valence-corrected chi connectivity index (χ0v) is 19.1. The molecular weight excluding hydrogens is 517 g/mol. The number of hydrogen-bond donors (Lipinski definition) is 2. The number of pyridine rings is 2. The third kappa shape index (κ3) is 4.07. The van der Waals surface area contributed by atoms with Crippen LogP contribution in [0.2, 0.25) is 0 Å². The monoisotopic (exact) mass is 534 g/mol. The lowest BCUT2D eigenvalue weighted by Crippen LogP contribution is -2.48. The predicted molar refractivity (Wildman–Crippen MR) is 121 cm³/mol. The van der Waals surface area contributed by atoms with Gasteiger partial charge in [0.15, 0.2) is 17.5 Å². The Balaban J connectivity index is 1.63. The van der Waals surface area contributed by atoms with Crippen LogP contribution in [0.15, 0.2) is 53.1 Å². The summed E-state index contributed by atoms with van der Waals surface area (Å²) in [4.78, 5) is 17.0. The Kier molecular flexibility index (Phi) is 5.64. The number of alkyl halides is 3. The molecule has 0 saturated carbocycles. The van der Waals surface area contributed by atoms with Crippen LogP contribution in [-0.2, 0) is 0 Å². The zero-order chi connectivity index (χ0) is 24.0. The normalized spacial score (nSPS) is 17.4. The molecule has 4 heterocycles. The van der Waals surface area contributed by atoms with Crippen LogP contribution >= 0.6 is 15.9 Å². The fourth-order valence-electron chi connectivity index (χ4n) is 4.32. The summed E-state index contributed by atoms with van der Waals surface area (Å²) >= 11 is 3.41. The molecule has 0 spiro atoms. The summed E-state index contributed by atoms with van der Waals surface area (Å²) in [6.07, 6.45) is -4.90. The van der Waals surface area contributed by atoms with E-state index in [2.05, 4.69) is 36.4 Å². The Morgan fingerprint density at radius 2 is 2.00 bits per heavy atom. The van der Waals surface area contributed by atoms with Gasteiger partial charge in [0.1, 0.15) is 5.69 Å². The molecular formula is C22H18BrF3N6O2. The Morgan fingerprint density at radius 3 is 2.71 bits per heavy atom. The number of halogens is 4. The van der Waals surface area contributed by atoms with Gasteiger partial charge in [0.2, 0.25) is 0 Å².